The largest absolute Gasteiger partial charge is 0.390 e. The van der Waals surface area contributed by atoms with Crippen LogP contribution in [-0.2, 0) is 0 Å². The molecule has 1 nitrogen and oxygen atoms in total. The molecule has 0 amide bonds. The number of rotatable bonds is 5. The van der Waals surface area contributed by atoms with Crippen molar-refractivity contribution in [1.82, 2.24) is 0 Å². The summed E-state index contributed by atoms with van der Waals surface area (Å²) < 4.78 is 0. The predicted molar refractivity (Wildman–Crippen MR) is 65.9 cm³/mol. The summed E-state index contributed by atoms with van der Waals surface area (Å²) in [4.78, 5) is 0. The van der Waals surface area contributed by atoms with Gasteiger partial charge in [-0.05, 0) is 31.1 Å². The Balaban J connectivity index is 2.51. The van der Waals surface area contributed by atoms with Gasteiger partial charge in [-0.25, -0.2) is 0 Å². The van der Waals surface area contributed by atoms with Crippen LogP contribution in [0.1, 0.15) is 72.1 Å². The molecule has 1 aliphatic carbocycles. The fourth-order valence-corrected chi connectivity index (χ4v) is 3.19. The molecular formula is C14H28O. The van der Waals surface area contributed by atoms with Crippen molar-refractivity contribution in [3.63, 3.8) is 0 Å². The van der Waals surface area contributed by atoms with E-state index in [0.29, 0.717) is 11.8 Å². The highest BCUT2D eigenvalue weighted by Crippen LogP contribution is 2.41. The molecule has 1 heteroatoms. The van der Waals surface area contributed by atoms with E-state index in [-0.39, 0.29) is 5.60 Å². The van der Waals surface area contributed by atoms with E-state index in [2.05, 4.69) is 20.8 Å². The highest BCUT2D eigenvalue weighted by Gasteiger charge is 2.39. The van der Waals surface area contributed by atoms with Crippen molar-refractivity contribution in [3.8, 4) is 0 Å². The maximum atomic E-state index is 10.7. The van der Waals surface area contributed by atoms with Crippen LogP contribution in [0.15, 0.2) is 0 Å². The number of aliphatic hydroxyl groups is 1. The minimum atomic E-state index is -0.332. The standard InChI is InChI=1S/C14H28O/c1-4-5-7-10-14(15)11-8-6-9-13(14)12(2)3/h12-13,15H,4-11H2,1-3H3. The molecule has 0 saturated heterocycles. The molecular weight excluding hydrogens is 184 g/mol. The minimum absolute atomic E-state index is 0.332. The first-order valence-electron chi connectivity index (χ1n) is 6.82. The van der Waals surface area contributed by atoms with Crippen LogP contribution in [0.2, 0.25) is 0 Å². The third-order valence-electron chi connectivity index (χ3n) is 4.08. The van der Waals surface area contributed by atoms with Crippen molar-refractivity contribution in [3.05, 3.63) is 0 Å². The molecule has 90 valence electrons. The lowest BCUT2D eigenvalue weighted by molar-refractivity contribution is -0.0733. The summed E-state index contributed by atoms with van der Waals surface area (Å²) in [5.41, 5.74) is -0.332. The Kier molecular flexibility index (Phi) is 5.11. The van der Waals surface area contributed by atoms with E-state index >= 15 is 0 Å². The van der Waals surface area contributed by atoms with Gasteiger partial charge in [0.15, 0.2) is 0 Å². The van der Waals surface area contributed by atoms with Crippen LogP contribution in [0, 0.1) is 11.8 Å². The molecule has 2 atom stereocenters. The first kappa shape index (κ1) is 13.0. The van der Waals surface area contributed by atoms with Crippen LogP contribution >= 0.6 is 0 Å². The van der Waals surface area contributed by atoms with Gasteiger partial charge in [-0.15, -0.1) is 0 Å². The smallest absolute Gasteiger partial charge is 0.0678 e. The molecule has 1 N–H and O–H groups in total. The maximum Gasteiger partial charge on any atom is 0.0678 e. The van der Waals surface area contributed by atoms with Crippen LogP contribution in [0.4, 0.5) is 0 Å². The van der Waals surface area contributed by atoms with E-state index in [1.165, 1.54) is 38.5 Å². The summed E-state index contributed by atoms with van der Waals surface area (Å²) in [7, 11) is 0. The molecule has 0 spiro atoms. The van der Waals surface area contributed by atoms with Gasteiger partial charge in [-0.3, -0.25) is 0 Å². The number of unbranched alkanes of at least 4 members (excludes halogenated alkanes) is 2. The molecule has 0 aromatic rings. The van der Waals surface area contributed by atoms with Gasteiger partial charge < -0.3 is 5.11 Å². The summed E-state index contributed by atoms with van der Waals surface area (Å²) in [6, 6.07) is 0. The van der Waals surface area contributed by atoms with Crippen LogP contribution in [-0.4, -0.2) is 10.7 Å². The van der Waals surface area contributed by atoms with Crippen molar-refractivity contribution < 1.29 is 5.11 Å². The average molecular weight is 212 g/mol. The van der Waals surface area contributed by atoms with E-state index in [4.69, 9.17) is 0 Å². The number of hydrogen-bond acceptors (Lipinski definition) is 1. The lowest BCUT2D eigenvalue weighted by atomic mass is 9.68. The molecule has 15 heavy (non-hydrogen) atoms. The Morgan fingerprint density at radius 3 is 2.60 bits per heavy atom. The predicted octanol–water partition coefficient (Wildman–Crippen LogP) is 4.14. The Morgan fingerprint density at radius 1 is 1.27 bits per heavy atom. The zero-order valence-corrected chi connectivity index (χ0v) is 10.8. The van der Waals surface area contributed by atoms with Crippen molar-refractivity contribution in [2.45, 2.75) is 77.7 Å². The van der Waals surface area contributed by atoms with Crippen LogP contribution < -0.4 is 0 Å². The Labute approximate surface area is 95.3 Å². The Hall–Kier alpha value is -0.0400. The fraction of sp³-hybridized carbons (Fsp3) is 1.00. The molecule has 1 fully saturated rings. The maximum absolute atomic E-state index is 10.7. The summed E-state index contributed by atoms with van der Waals surface area (Å²) >= 11 is 0. The van der Waals surface area contributed by atoms with Gasteiger partial charge in [0.05, 0.1) is 5.60 Å². The van der Waals surface area contributed by atoms with Gasteiger partial charge in [0, 0.05) is 0 Å². The van der Waals surface area contributed by atoms with Gasteiger partial charge in [0.2, 0.25) is 0 Å². The van der Waals surface area contributed by atoms with Crippen LogP contribution in [0.3, 0.4) is 0 Å². The average Bonchev–Trinajstić information content (AvgIpc) is 2.18. The molecule has 0 radical (unpaired) electrons. The van der Waals surface area contributed by atoms with Crippen molar-refractivity contribution >= 4 is 0 Å². The quantitative estimate of drug-likeness (QED) is 0.679. The van der Waals surface area contributed by atoms with Gasteiger partial charge in [0.25, 0.3) is 0 Å². The third kappa shape index (κ3) is 3.48. The van der Waals surface area contributed by atoms with Gasteiger partial charge >= 0.3 is 0 Å². The summed E-state index contributed by atoms with van der Waals surface area (Å²) in [6.45, 7) is 6.76. The summed E-state index contributed by atoms with van der Waals surface area (Å²) in [5, 5.41) is 10.7. The Morgan fingerprint density at radius 2 is 2.00 bits per heavy atom. The monoisotopic (exact) mass is 212 g/mol. The molecule has 1 saturated carbocycles. The normalized spacial score (nSPS) is 32.2. The molecule has 0 heterocycles. The topological polar surface area (TPSA) is 20.2 Å². The summed E-state index contributed by atoms with van der Waals surface area (Å²) in [5.74, 6) is 1.18. The zero-order valence-electron chi connectivity index (χ0n) is 10.8. The van der Waals surface area contributed by atoms with E-state index in [9.17, 15) is 5.11 Å². The van der Waals surface area contributed by atoms with E-state index in [1.54, 1.807) is 0 Å². The van der Waals surface area contributed by atoms with Crippen molar-refractivity contribution in [1.29, 1.82) is 0 Å². The first-order chi connectivity index (χ1) is 7.10. The third-order valence-corrected chi connectivity index (χ3v) is 4.08. The molecule has 0 bridgehead atoms. The zero-order chi connectivity index (χ0) is 11.3. The minimum Gasteiger partial charge on any atom is -0.390 e. The molecule has 0 aromatic carbocycles. The van der Waals surface area contributed by atoms with Crippen molar-refractivity contribution in [2.24, 2.45) is 11.8 Å². The second-order valence-electron chi connectivity index (χ2n) is 5.66. The SMILES string of the molecule is CCCCCC1(O)CCCCC1C(C)C. The molecule has 2 unspecified atom stereocenters. The highest BCUT2D eigenvalue weighted by molar-refractivity contribution is 4.91. The van der Waals surface area contributed by atoms with Crippen LogP contribution in [0.5, 0.6) is 0 Å². The highest BCUT2D eigenvalue weighted by atomic mass is 16.3. The molecule has 0 aliphatic heterocycles. The molecule has 1 aliphatic rings. The van der Waals surface area contributed by atoms with Gasteiger partial charge in [-0.2, -0.15) is 0 Å². The van der Waals surface area contributed by atoms with E-state index < -0.39 is 0 Å². The fourth-order valence-electron chi connectivity index (χ4n) is 3.19. The van der Waals surface area contributed by atoms with E-state index in [1.807, 2.05) is 0 Å². The first-order valence-corrected chi connectivity index (χ1v) is 6.82. The Bertz CT molecular complexity index is 176. The lowest BCUT2D eigenvalue weighted by Gasteiger charge is -2.42. The van der Waals surface area contributed by atoms with Gasteiger partial charge in [0.1, 0.15) is 0 Å². The van der Waals surface area contributed by atoms with E-state index in [0.717, 1.165) is 12.8 Å². The van der Waals surface area contributed by atoms with Crippen LogP contribution in [0.25, 0.3) is 0 Å². The second kappa shape index (κ2) is 5.89. The second-order valence-corrected chi connectivity index (χ2v) is 5.66. The van der Waals surface area contributed by atoms with Crippen molar-refractivity contribution in [2.75, 3.05) is 0 Å². The number of hydrogen-bond donors (Lipinski definition) is 1. The molecule has 1 rings (SSSR count). The van der Waals surface area contributed by atoms with Gasteiger partial charge in [-0.1, -0.05) is 52.9 Å². The lowest BCUT2D eigenvalue weighted by Crippen LogP contribution is -2.43. The summed E-state index contributed by atoms with van der Waals surface area (Å²) in [6.07, 6.45) is 9.58. The molecule has 0 aromatic heterocycles.